The number of phosphoric ester groups is 1. The molecule has 1 aliphatic heterocycles. The number of nitrogens with zero attached hydrogens (tertiary/aromatic N) is 2. The van der Waals surface area contributed by atoms with E-state index in [0.717, 1.165) is 32.1 Å². The average Bonchev–Trinajstić information content (AvgIpc) is 1.65. The number of esters is 2. The first kappa shape index (κ1) is 86.0. The molecule has 0 aromatic carbocycles. The van der Waals surface area contributed by atoms with E-state index in [1.165, 1.54) is 63.1 Å². The molecule has 0 fully saturated rings. The summed E-state index contributed by atoms with van der Waals surface area (Å²) in [5.41, 5.74) is 26.9. The van der Waals surface area contributed by atoms with E-state index in [9.17, 15) is 92.3 Å². The zero-order chi connectivity index (χ0) is 72.2. The highest BCUT2D eigenvalue weighted by Crippen LogP contribution is 2.42. The van der Waals surface area contributed by atoms with Crippen molar-refractivity contribution in [3.05, 3.63) is 11.5 Å². The number of nitrogens with two attached hydrogens (primary N) is 5. The number of primary amides is 1. The number of unbranched alkanes of at least 4 members (excludes halogenated alkanes) is 13. The number of aliphatic hydroxyl groups is 1. The highest BCUT2D eigenvalue weighted by Gasteiger charge is 2.45. The Morgan fingerprint density at radius 3 is 1.38 bits per heavy atom. The molecule has 7 amide bonds. The summed E-state index contributed by atoms with van der Waals surface area (Å²) < 4.78 is 32.1. The molecule has 1 rings (SSSR count). The Bertz CT molecular complexity index is 2680. The quantitative estimate of drug-likeness (QED) is 0.0124. The zero-order valence-electron chi connectivity index (χ0n) is 54.5. The number of carbonyl (C=O) groups is 12. The van der Waals surface area contributed by atoms with Gasteiger partial charge in [-0.25, -0.2) is 14.2 Å². The second-order valence-electron chi connectivity index (χ2n) is 22.6. The number of aliphatic hydroxyl groups excluding tert-OH is 1. The van der Waals surface area contributed by atoms with Crippen LogP contribution in [0.15, 0.2) is 21.5 Å². The number of aliphatic imine (C=N–C) groups is 2. The number of nitrogens with one attached hydrogen (secondary N) is 6. The number of hydrogen-bond donors (Lipinski definition) is 17. The Labute approximate surface area is 560 Å². The first-order chi connectivity index (χ1) is 45.4. The van der Waals surface area contributed by atoms with Gasteiger partial charge < -0.3 is 99.7 Å². The topological polar surface area (TPSA) is 607 Å². The van der Waals surface area contributed by atoms with E-state index in [1.807, 2.05) is 0 Å². The van der Waals surface area contributed by atoms with Gasteiger partial charge in [0.2, 0.25) is 47.5 Å². The molecule has 0 aliphatic carbocycles. The van der Waals surface area contributed by atoms with Gasteiger partial charge in [-0.15, -0.1) is 0 Å². The fourth-order valence-corrected chi connectivity index (χ4v) is 10.3. The van der Waals surface area contributed by atoms with Crippen molar-refractivity contribution in [2.45, 2.75) is 229 Å². The van der Waals surface area contributed by atoms with E-state index in [0.29, 0.717) is 6.42 Å². The lowest BCUT2D eigenvalue weighted by Crippen LogP contribution is -2.59. The highest BCUT2D eigenvalue weighted by atomic mass is 32.2. The Hall–Kier alpha value is -8.02. The summed E-state index contributed by atoms with van der Waals surface area (Å²) in [7, 11) is -5.42. The van der Waals surface area contributed by atoms with Crippen LogP contribution in [0.25, 0.3) is 0 Å². The van der Waals surface area contributed by atoms with Crippen molar-refractivity contribution >= 4 is 103 Å². The molecule has 0 spiro atoms. The molecule has 546 valence electrons. The number of guanidine groups is 2. The number of carbonyl (C=O) groups excluding carboxylic acids is 9. The Morgan fingerprint density at radius 1 is 0.552 bits per heavy atom. The van der Waals surface area contributed by atoms with Crippen LogP contribution in [-0.2, 0) is 80.8 Å². The first-order valence-electron chi connectivity index (χ1n) is 31.9. The predicted octanol–water partition coefficient (Wildman–Crippen LogP) is -0.171. The van der Waals surface area contributed by atoms with Gasteiger partial charge >= 0.3 is 37.7 Å². The van der Waals surface area contributed by atoms with Gasteiger partial charge in [0.25, 0.3) is 5.76 Å². The number of ether oxygens (including phenoxy) is 3. The molecule has 0 saturated heterocycles. The minimum atomic E-state index is -5.42. The molecule has 1 heterocycles. The largest absolute Gasteiger partial charge is 0.525 e. The number of phosphoric acid groups is 1. The molecule has 0 saturated carbocycles. The van der Waals surface area contributed by atoms with E-state index in [-0.39, 0.29) is 69.5 Å². The lowest BCUT2D eigenvalue weighted by molar-refractivity contribution is -0.167. The molecule has 0 bridgehead atoms. The normalized spacial score (nSPS) is 15.0. The third-order valence-electron chi connectivity index (χ3n) is 14.5. The Balaban J connectivity index is 3.34. The third-order valence-corrected chi connectivity index (χ3v) is 15.6. The number of carboxylic acid groups (broad SMARTS) is 3. The van der Waals surface area contributed by atoms with Gasteiger partial charge in [0.15, 0.2) is 23.8 Å². The molecule has 96 heavy (non-hydrogen) atoms. The second kappa shape index (κ2) is 48.6. The van der Waals surface area contributed by atoms with Crippen LogP contribution in [0.4, 0.5) is 0 Å². The van der Waals surface area contributed by atoms with E-state index >= 15 is 0 Å². The predicted molar refractivity (Wildman–Crippen MR) is 347 cm³/mol. The third kappa shape index (κ3) is 39.8. The van der Waals surface area contributed by atoms with Crippen molar-refractivity contribution in [2.24, 2.45) is 38.7 Å². The van der Waals surface area contributed by atoms with Gasteiger partial charge in [0.1, 0.15) is 36.3 Å². The molecule has 8 atom stereocenters. The highest BCUT2D eigenvalue weighted by molar-refractivity contribution is 7.98. The summed E-state index contributed by atoms with van der Waals surface area (Å²) in [6.07, 6.45) is 7.55. The average molecular weight is 1410 g/mol. The van der Waals surface area contributed by atoms with Crippen LogP contribution in [-0.4, -0.2) is 200 Å². The lowest BCUT2D eigenvalue weighted by Gasteiger charge is -2.27. The maximum Gasteiger partial charge on any atom is 0.525 e. The summed E-state index contributed by atoms with van der Waals surface area (Å²) in [4.78, 5) is 183. The molecular weight excluding hydrogens is 1310 g/mol. The van der Waals surface area contributed by atoms with Crippen LogP contribution < -0.4 is 60.6 Å². The van der Waals surface area contributed by atoms with E-state index in [1.54, 1.807) is 6.26 Å². The fraction of sp³-hybridized carbons (Fsp3) is 0.724. The van der Waals surface area contributed by atoms with Crippen molar-refractivity contribution in [3.8, 4) is 0 Å². The molecule has 0 radical (unpaired) electrons. The van der Waals surface area contributed by atoms with Crippen molar-refractivity contribution < 1.29 is 111 Å². The van der Waals surface area contributed by atoms with E-state index < -0.39 is 197 Å². The van der Waals surface area contributed by atoms with Crippen LogP contribution in [0, 0.1) is 0 Å². The van der Waals surface area contributed by atoms with Gasteiger partial charge in [0, 0.05) is 45.4 Å². The van der Waals surface area contributed by atoms with E-state index in [4.69, 9.17) is 42.9 Å². The van der Waals surface area contributed by atoms with Gasteiger partial charge in [-0.3, -0.25) is 67.7 Å². The SMILES string of the molecule is CCCCCCCCCCCCCCCCOCC(OC(=O)CCC(=O)NC(CCC(=O)O)C(=O)NC(CCC(=O)O)C(=O)NC(CCSC)C(=O)NC(CCC(N)=O)C(=O)NC(CCCN=C(N)N)C(=O)NC(CCCN=C(N)N)C(=O)O)C1OC(=O)C(OP(=O)(O)O)=C1O. The molecule has 38 heteroatoms. The zero-order valence-corrected chi connectivity index (χ0v) is 56.2. The number of cyclic esters (lactones) is 1. The maximum absolute atomic E-state index is 14.2. The van der Waals surface area contributed by atoms with Crippen LogP contribution in [0.5, 0.6) is 0 Å². The number of rotatable bonds is 56. The molecular formula is C58H100N13O23PS. The molecule has 22 N–H and O–H groups in total. The van der Waals surface area contributed by atoms with Crippen molar-refractivity contribution in [3.63, 3.8) is 0 Å². The van der Waals surface area contributed by atoms with Gasteiger partial charge in [-0.1, -0.05) is 90.4 Å². The fourth-order valence-electron chi connectivity index (χ4n) is 9.43. The van der Waals surface area contributed by atoms with Crippen molar-refractivity contribution in [1.82, 2.24) is 31.9 Å². The minimum absolute atomic E-state index is 0.0172. The smallest absolute Gasteiger partial charge is 0.505 e. The summed E-state index contributed by atoms with van der Waals surface area (Å²) in [5, 5.41) is 54.0. The number of hydrogen-bond acceptors (Lipinski definition) is 21. The van der Waals surface area contributed by atoms with Crippen LogP contribution >= 0.6 is 19.6 Å². The number of thioether (sulfide) groups is 1. The van der Waals surface area contributed by atoms with Crippen molar-refractivity contribution in [1.29, 1.82) is 0 Å². The van der Waals surface area contributed by atoms with Crippen LogP contribution in [0.3, 0.4) is 0 Å². The monoisotopic (exact) mass is 1410 g/mol. The Morgan fingerprint density at radius 2 is 0.958 bits per heavy atom. The summed E-state index contributed by atoms with van der Waals surface area (Å²) in [6.45, 7) is 1.73. The number of amides is 7. The van der Waals surface area contributed by atoms with Crippen molar-refractivity contribution in [2.75, 3.05) is 38.3 Å². The van der Waals surface area contributed by atoms with Crippen LogP contribution in [0.1, 0.15) is 180 Å². The summed E-state index contributed by atoms with van der Waals surface area (Å²) >= 11 is 1.20. The number of carboxylic acids is 3. The molecule has 36 nitrogen and oxygen atoms in total. The molecule has 8 unspecified atom stereocenters. The van der Waals surface area contributed by atoms with Gasteiger partial charge in [0.05, 0.1) is 13.0 Å². The Kier molecular flexibility index (Phi) is 43.6. The van der Waals surface area contributed by atoms with Gasteiger partial charge in [-0.05, 0) is 69.8 Å². The molecule has 1 aliphatic rings. The maximum atomic E-state index is 14.2. The minimum Gasteiger partial charge on any atom is -0.505 e. The second-order valence-corrected chi connectivity index (χ2v) is 24.8. The summed E-state index contributed by atoms with van der Waals surface area (Å²) in [6, 6.07) is -9.91. The first-order valence-corrected chi connectivity index (χ1v) is 34.8. The van der Waals surface area contributed by atoms with E-state index in [2.05, 4.69) is 53.3 Å². The summed E-state index contributed by atoms with van der Waals surface area (Å²) in [5.74, 6) is -17.4. The standard InChI is InChI=1S/C58H100N13O23PS/c1-3-4-5-6-7-8-9-10-11-12-13-14-15-16-32-91-34-41(48-47(79)49(56(87)93-48)94-95(88,89)90)92-46(78)28-25-43(73)66-36(22-26-44(74)75)51(81)69-38(23-27-45(76)77)53(83)70-39(29-33-96-2)54(84)68-37(21-24-42(59)72)52(82)67-35(19-17-30-64-57(60)61)50(80)71-40(55(85)86)20-18-31-65-58(62)63/h35-41,48,79H,3-34H2,1-2H3,(H2,59,72)(H,66,73)(H,67,82)(H,68,84)(H,69,81)(H,70,83)(H,71,80)(H,74,75)(H,76,77)(H,85,86)(H4,60,61,64)(H4,62,63,65)(H2,88,89,90). The van der Waals surface area contributed by atoms with Gasteiger partial charge in [-0.2, -0.15) is 11.8 Å². The lowest BCUT2D eigenvalue weighted by atomic mass is 10.0. The molecule has 0 aromatic heterocycles. The van der Waals surface area contributed by atoms with Crippen LogP contribution in [0.2, 0.25) is 0 Å². The molecule has 0 aromatic rings. The number of aliphatic carboxylic acids is 3.